The highest BCUT2D eigenvalue weighted by atomic mass is 16.5. The van der Waals surface area contributed by atoms with Crippen LogP contribution in [0.4, 0.5) is 0 Å². The highest BCUT2D eigenvalue weighted by Gasteiger charge is 2.28. The number of rotatable bonds is 4. The largest absolute Gasteiger partial charge is 0.379 e. The van der Waals surface area contributed by atoms with E-state index in [9.17, 15) is 0 Å². The van der Waals surface area contributed by atoms with Gasteiger partial charge in [0.15, 0.2) is 0 Å². The number of ether oxygens (including phenoxy) is 1. The summed E-state index contributed by atoms with van der Waals surface area (Å²) in [5, 5.41) is 3.58. The molecule has 1 aliphatic heterocycles. The van der Waals surface area contributed by atoms with Gasteiger partial charge in [0.05, 0.1) is 6.61 Å². The second-order valence-electron chi connectivity index (χ2n) is 4.26. The van der Waals surface area contributed by atoms with E-state index in [0.717, 1.165) is 32.1 Å². The third-order valence-electron chi connectivity index (χ3n) is 2.79. The molecule has 0 aromatic carbocycles. The Bertz CT molecular complexity index is 130. The van der Waals surface area contributed by atoms with Gasteiger partial charge < -0.3 is 10.1 Å². The van der Waals surface area contributed by atoms with Crippen LogP contribution in [0.25, 0.3) is 0 Å². The summed E-state index contributed by atoms with van der Waals surface area (Å²) < 4.78 is 5.36. The Morgan fingerprint density at radius 2 is 2.33 bits per heavy atom. The Labute approximate surface area is 75.7 Å². The third kappa shape index (κ3) is 2.76. The average Bonchev–Trinajstić information content (AvgIpc) is 2.49. The van der Waals surface area contributed by atoms with Crippen LogP contribution in [0, 0.1) is 5.92 Å². The Morgan fingerprint density at radius 1 is 1.58 bits per heavy atom. The zero-order chi connectivity index (χ0) is 9.03. The topological polar surface area (TPSA) is 21.3 Å². The van der Waals surface area contributed by atoms with E-state index in [1.807, 2.05) is 0 Å². The predicted molar refractivity (Wildman–Crippen MR) is 51.3 cm³/mol. The second kappa shape index (κ2) is 4.24. The number of hydrogen-bond acceptors (Lipinski definition) is 2. The van der Waals surface area contributed by atoms with Gasteiger partial charge in [0.25, 0.3) is 0 Å². The Balaban J connectivity index is 2.21. The fraction of sp³-hybridized carbons (Fsp3) is 1.00. The van der Waals surface area contributed by atoms with Gasteiger partial charge in [0.2, 0.25) is 0 Å². The van der Waals surface area contributed by atoms with Gasteiger partial charge in [0.1, 0.15) is 0 Å². The van der Waals surface area contributed by atoms with E-state index < -0.39 is 0 Å². The molecule has 2 nitrogen and oxygen atoms in total. The molecule has 0 aliphatic carbocycles. The molecule has 1 heterocycles. The first kappa shape index (κ1) is 10.0. The molecule has 2 unspecified atom stereocenters. The van der Waals surface area contributed by atoms with Crippen LogP contribution in [-0.4, -0.2) is 25.3 Å². The van der Waals surface area contributed by atoms with Crippen LogP contribution in [0.5, 0.6) is 0 Å². The van der Waals surface area contributed by atoms with E-state index in [-0.39, 0.29) is 5.54 Å². The van der Waals surface area contributed by atoms with Crippen LogP contribution < -0.4 is 5.32 Å². The smallest absolute Gasteiger partial charge is 0.0646 e. The van der Waals surface area contributed by atoms with Crippen molar-refractivity contribution in [2.45, 2.75) is 39.2 Å². The SMILES string of the molecule is CCC(C)CNC1(C)CCOC1. The van der Waals surface area contributed by atoms with Crippen LogP contribution >= 0.6 is 0 Å². The Morgan fingerprint density at radius 3 is 2.83 bits per heavy atom. The van der Waals surface area contributed by atoms with Crippen molar-refractivity contribution in [3.63, 3.8) is 0 Å². The zero-order valence-electron chi connectivity index (χ0n) is 8.52. The van der Waals surface area contributed by atoms with Crippen LogP contribution in [0.15, 0.2) is 0 Å². The van der Waals surface area contributed by atoms with Gasteiger partial charge in [-0.15, -0.1) is 0 Å². The molecule has 72 valence electrons. The van der Waals surface area contributed by atoms with Crippen molar-refractivity contribution in [3.05, 3.63) is 0 Å². The van der Waals surface area contributed by atoms with E-state index in [0.29, 0.717) is 0 Å². The zero-order valence-corrected chi connectivity index (χ0v) is 8.52. The molecule has 0 bridgehead atoms. The number of hydrogen-bond donors (Lipinski definition) is 1. The van der Waals surface area contributed by atoms with Gasteiger partial charge >= 0.3 is 0 Å². The second-order valence-corrected chi connectivity index (χ2v) is 4.26. The summed E-state index contributed by atoms with van der Waals surface area (Å²) in [6.45, 7) is 9.69. The summed E-state index contributed by atoms with van der Waals surface area (Å²) in [4.78, 5) is 0. The van der Waals surface area contributed by atoms with Crippen LogP contribution in [0.2, 0.25) is 0 Å². The molecular formula is C10H21NO. The fourth-order valence-corrected chi connectivity index (χ4v) is 1.37. The number of nitrogens with one attached hydrogen (secondary N) is 1. The first-order valence-corrected chi connectivity index (χ1v) is 4.99. The summed E-state index contributed by atoms with van der Waals surface area (Å²) in [5.74, 6) is 0.780. The third-order valence-corrected chi connectivity index (χ3v) is 2.79. The van der Waals surface area contributed by atoms with Gasteiger partial charge in [0, 0.05) is 12.1 Å². The van der Waals surface area contributed by atoms with Crippen molar-refractivity contribution in [1.29, 1.82) is 0 Å². The molecule has 0 aromatic rings. The molecule has 0 spiro atoms. The van der Waals surface area contributed by atoms with Crippen LogP contribution in [0.1, 0.15) is 33.6 Å². The lowest BCUT2D eigenvalue weighted by Crippen LogP contribution is -2.44. The summed E-state index contributed by atoms with van der Waals surface area (Å²) in [5.41, 5.74) is 0.253. The lowest BCUT2D eigenvalue weighted by atomic mass is 10.00. The molecule has 1 fully saturated rings. The lowest BCUT2D eigenvalue weighted by Gasteiger charge is -2.25. The molecule has 1 N–H and O–H groups in total. The molecule has 1 saturated heterocycles. The summed E-state index contributed by atoms with van der Waals surface area (Å²) >= 11 is 0. The van der Waals surface area contributed by atoms with E-state index in [4.69, 9.17) is 4.74 Å². The van der Waals surface area contributed by atoms with Gasteiger partial charge in [-0.3, -0.25) is 0 Å². The van der Waals surface area contributed by atoms with E-state index in [1.54, 1.807) is 0 Å². The maximum absolute atomic E-state index is 5.36. The minimum absolute atomic E-state index is 0.253. The first-order valence-electron chi connectivity index (χ1n) is 4.99. The standard InChI is InChI=1S/C10H21NO/c1-4-9(2)7-11-10(3)5-6-12-8-10/h9,11H,4-8H2,1-3H3. The van der Waals surface area contributed by atoms with Gasteiger partial charge in [-0.1, -0.05) is 20.3 Å². The van der Waals surface area contributed by atoms with Gasteiger partial charge in [-0.05, 0) is 25.8 Å². The molecule has 12 heavy (non-hydrogen) atoms. The van der Waals surface area contributed by atoms with Crippen LogP contribution in [0.3, 0.4) is 0 Å². The van der Waals surface area contributed by atoms with Crippen molar-refractivity contribution in [2.24, 2.45) is 5.92 Å². The van der Waals surface area contributed by atoms with Gasteiger partial charge in [-0.25, -0.2) is 0 Å². The van der Waals surface area contributed by atoms with Crippen LogP contribution in [-0.2, 0) is 4.74 Å². The fourth-order valence-electron chi connectivity index (χ4n) is 1.37. The highest BCUT2D eigenvalue weighted by molar-refractivity contribution is 4.86. The summed E-state index contributed by atoms with van der Waals surface area (Å²) in [6.07, 6.45) is 2.41. The molecule has 2 heteroatoms. The average molecular weight is 171 g/mol. The molecule has 0 radical (unpaired) electrons. The monoisotopic (exact) mass is 171 g/mol. The molecule has 0 saturated carbocycles. The van der Waals surface area contributed by atoms with E-state index in [2.05, 4.69) is 26.1 Å². The van der Waals surface area contributed by atoms with Gasteiger partial charge in [-0.2, -0.15) is 0 Å². The maximum atomic E-state index is 5.36. The van der Waals surface area contributed by atoms with Crippen molar-refractivity contribution < 1.29 is 4.74 Å². The summed E-state index contributed by atoms with van der Waals surface area (Å²) in [6, 6.07) is 0. The molecule has 0 aromatic heterocycles. The van der Waals surface area contributed by atoms with Crippen molar-refractivity contribution >= 4 is 0 Å². The Hall–Kier alpha value is -0.0800. The van der Waals surface area contributed by atoms with Crippen molar-refractivity contribution in [2.75, 3.05) is 19.8 Å². The molecule has 0 amide bonds. The molecule has 1 aliphatic rings. The molecule has 1 rings (SSSR count). The molecule has 2 atom stereocenters. The van der Waals surface area contributed by atoms with E-state index in [1.165, 1.54) is 6.42 Å². The lowest BCUT2D eigenvalue weighted by molar-refractivity contribution is 0.170. The van der Waals surface area contributed by atoms with Crippen molar-refractivity contribution in [1.82, 2.24) is 5.32 Å². The predicted octanol–water partition coefficient (Wildman–Crippen LogP) is 1.80. The summed E-state index contributed by atoms with van der Waals surface area (Å²) in [7, 11) is 0. The quantitative estimate of drug-likeness (QED) is 0.696. The van der Waals surface area contributed by atoms with Crippen molar-refractivity contribution in [3.8, 4) is 0 Å². The first-order chi connectivity index (χ1) is 5.66. The normalized spacial score (nSPS) is 32.2. The highest BCUT2D eigenvalue weighted by Crippen LogP contribution is 2.17. The minimum atomic E-state index is 0.253. The Kier molecular flexibility index (Phi) is 3.53. The molecular weight excluding hydrogens is 150 g/mol. The van der Waals surface area contributed by atoms with E-state index >= 15 is 0 Å². The minimum Gasteiger partial charge on any atom is -0.379 e. The maximum Gasteiger partial charge on any atom is 0.0646 e.